The molecular weight excluding hydrogens is 867 g/mol. The second kappa shape index (κ2) is 14.2. The summed E-state index contributed by atoms with van der Waals surface area (Å²) in [5.41, 5.74) is 31.6. The van der Waals surface area contributed by atoms with Gasteiger partial charge < -0.3 is 4.90 Å². The SMILES string of the molecule is CC1(C)c2ccccc2-c2ccc(N(c3ccc(-c4ccc5c(c4)-c4ccccc4C54c5ccccc5-c5ccccc54)cc3)c3cccc4c3-c3ccccc3C43c4ccccc4-c4ccccc43)cc21. The lowest BCUT2D eigenvalue weighted by molar-refractivity contribution is 0.660. The maximum atomic E-state index is 2.54. The zero-order valence-corrected chi connectivity index (χ0v) is 40.1. The molecule has 0 saturated heterocycles. The van der Waals surface area contributed by atoms with E-state index in [1.165, 1.54) is 128 Å². The molecule has 72 heavy (non-hydrogen) atoms. The van der Waals surface area contributed by atoms with Gasteiger partial charge in [0.25, 0.3) is 0 Å². The van der Waals surface area contributed by atoms with Gasteiger partial charge in [0.05, 0.1) is 16.5 Å². The van der Waals surface area contributed by atoms with Crippen LogP contribution in [0.25, 0.3) is 66.8 Å². The lowest BCUT2D eigenvalue weighted by Gasteiger charge is -2.32. The molecule has 0 bridgehead atoms. The molecule has 1 heteroatoms. The van der Waals surface area contributed by atoms with Gasteiger partial charge >= 0.3 is 0 Å². The zero-order chi connectivity index (χ0) is 47.5. The molecule has 2 spiro atoms. The van der Waals surface area contributed by atoms with Crippen LogP contribution in [-0.2, 0) is 16.2 Å². The van der Waals surface area contributed by atoms with Crippen LogP contribution in [0.4, 0.5) is 17.1 Å². The Balaban J connectivity index is 0.887. The molecular formula is C71H47N. The summed E-state index contributed by atoms with van der Waals surface area (Å²) in [6.45, 7) is 4.77. The van der Waals surface area contributed by atoms with Crippen LogP contribution in [0.3, 0.4) is 0 Å². The van der Waals surface area contributed by atoms with Crippen molar-refractivity contribution in [2.45, 2.75) is 30.1 Å². The fraction of sp³-hybridized carbons (Fsp3) is 0.0704. The summed E-state index contributed by atoms with van der Waals surface area (Å²) in [6, 6.07) is 94.5. The minimum atomic E-state index is -0.445. The van der Waals surface area contributed by atoms with Gasteiger partial charge in [-0.25, -0.2) is 0 Å². The maximum Gasteiger partial charge on any atom is 0.0726 e. The quantitative estimate of drug-likeness (QED) is 0.170. The molecule has 0 radical (unpaired) electrons. The summed E-state index contributed by atoms with van der Waals surface area (Å²) in [5.74, 6) is 0. The standard InChI is InChI=1S/C71H47N/c1-69(2)57-25-10-3-18-48(57)54-40-39-47(43-66(54)69)72(67-33-17-32-65-68(67)55-24-9-16-31-63(55)71(65)60-28-13-6-21-51(60)52-22-7-14-29-61(52)71)46-37-34-44(35-38-46)45-36-41-64-56(42-45)53-23-8-15-30-62(53)70(64)58-26-11-4-19-49(58)50-20-5-12-27-59(50)70/h3-43H,1-2H3. The normalized spacial score (nSPS) is 15.1. The topological polar surface area (TPSA) is 3.24 Å². The maximum absolute atomic E-state index is 2.54. The highest BCUT2D eigenvalue weighted by molar-refractivity contribution is 6.02. The molecule has 5 aliphatic rings. The smallest absolute Gasteiger partial charge is 0.0726 e. The summed E-state index contributed by atoms with van der Waals surface area (Å²) in [4.78, 5) is 2.54. The van der Waals surface area contributed by atoms with E-state index in [0.717, 1.165) is 11.4 Å². The van der Waals surface area contributed by atoms with Crippen molar-refractivity contribution in [3.63, 3.8) is 0 Å². The average molecular weight is 914 g/mol. The number of rotatable bonds is 4. The molecule has 11 aromatic carbocycles. The lowest BCUT2D eigenvalue weighted by Crippen LogP contribution is -2.26. The zero-order valence-electron chi connectivity index (χ0n) is 40.1. The number of benzene rings is 11. The van der Waals surface area contributed by atoms with Crippen LogP contribution in [-0.4, -0.2) is 0 Å². The first-order valence-corrected chi connectivity index (χ1v) is 25.5. The Kier molecular flexibility index (Phi) is 7.88. The van der Waals surface area contributed by atoms with Crippen LogP contribution in [0.2, 0.25) is 0 Å². The molecule has 1 nitrogen and oxygen atoms in total. The van der Waals surface area contributed by atoms with Gasteiger partial charge in [-0.05, 0) is 153 Å². The Morgan fingerprint density at radius 1 is 0.250 bits per heavy atom. The molecule has 0 aliphatic heterocycles. The Morgan fingerprint density at radius 2 is 0.625 bits per heavy atom. The summed E-state index contributed by atoms with van der Waals surface area (Å²) < 4.78 is 0. The van der Waals surface area contributed by atoms with E-state index in [1.54, 1.807) is 0 Å². The van der Waals surface area contributed by atoms with Gasteiger partial charge in [0.1, 0.15) is 0 Å². The van der Waals surface area contributed by atoms with Crippen molar-refractivity contribution < 1.29 is 0 Å². The molecule has 11 aromatic rings. The minimum absolute atomic E-state index is 0.155. The summed E-state index contributed by atoms with van der Waals surface area (Å²) in [5, 5.41) is 0. The van der Waals surface area contributed by atoms with Crippen molar-refractivity contribution in [2.24, 2.45) is 0 Å². The third kappa shape index (κ3) is 4.84. The number of fused-ring (bicyclic) bond motifs is 23. The van der Waals surface area contributed by atoms with Crippen molar-refractivity contribution >= 4 is 17.1 Å². The van der Waals surface area contributed by atoms with E-state index in [4.69, 9.17) is 0 Å². The number of hydrogen-bond donors (Lipinski definition) is 0. The van der Waals surface area contributed by atoms with Crippen molar-refractivity contribution in [1.29, 1.82) is 0 Å². The first-order chi connectivity index (χ1) is 35.5. The molecule has 0 unspecified atom stereocenters. The van der Waals surface area contributed by atoms with Crippen molar-refractivity contribution in [3.05, 3.63) is 304 Å². The number of hydrogen-bond acceptors (Lipinski definition) is 1. The van der Waals surface area contributed by atoms with Gasteiger partial charge in [-0.2, -0.15) is 0 Å². The second-order valence-electron chi connectivity index (χ2n) is 21.0. The fourth-order valence-corrected chi connectivity index (χ4v) is 14.7. The molecule has 0 fully saturated rings. The van der Waals surface area contributed by atoms with E-state index in [2.05, 4.69) is 267 Å². The first kappa shape index (κ1) is 40.0. The lowest BCUT2D eigenvalue weighted by atomic mass is 9.70. The van der Waals surface area contributed by atoms with E-state index >= 15 is 0 Å². The van der Waals surface area contributed by atoms with Crippen molar-refractivity contribution in [1.82, 2.24) is 0 Å². The highest BCUT2D eigenvalue weighted by Gasteiger charge is 2.53. The Labute approximate surface area is 421 Å². The van der Waals surface area contributed by atoms with E-state index in [1.807, 2.05) is 0 Å². The van der Waals surface area contributed by atoms with Gasteiger partial charge in [0.2, 0.25) is 0 Å². The molecule has 0 atom stereocenters. The van der Waals surface area contributed by atoms with Gasteiger partial charge in [-0.15, -0.1) is 0 Å². The molecule has 5 aliphatic carbocycles. The van der Waals surface area contributed by atoms with Crippen LogP contribution in [0.1, 0.15) is 69.5 Å². The number of nitrogens with zero attached hydrogens (tertiary/aromatic N) is 1. The predicted molar refractivity (Wildman–Crippen MR) is 297 cm³/mol. The summed E-state index contributed by atoms with van der Waals surface area (Å²) in [6.07, 6.45) is 0. The van der Waals surface area contributed by atoms with Crippen molar-refractivity contribution in [3.8, 4) is 66.8 Å². The molecule has 16 rings (SSSR count). The Hall–Kier alpha value is -8.78. The minimum Gasteiger partial charge on any atom is -0.310 e. The van der Waals surface area contributed by atoms with Gasteiger partial charge in [0.15, 0.2) is 0 Å². The van der Waals surface area contributed by atoms with Crippen LogP contribution in [0.15, 0.2) is 249 Å². The van der Waals surface area contributed by atoms with Crippen LogP contribution in [0.5, 0.6) is 0 Å². The Bertz CT molecular complexity index is 4060. The van der Waals surface area contributed by atoms with Gasteiger partial charge in [-0.3, -0.25) is 0 Å². The van der Waals surface area contributed by atoms with Crippen LogP contribution in [0, 0.1) is 0 Å². The van der Waals surface area contributed by atoms with E-state index in [-0.39, 0.29) is 10.8 Å². The van der Waals surface area contributed by atoms with Gasteiger partial charge in [0, 0.05) is 22.4 Å². The highest BCUT2D eigenvalue weighted by atomic mass is 15.1. The summed E-state index contributed by atoms with van der Waals surface area (Å²) in [7, 11) is 0. The van der Waals surface area contributed by atoms with E-state index in [0.29, 0.717) is 0 Å². The molecule has 0 amide bonds. The third-order valence-corrected chi connectivity index (χ3v) is 17.5. The molecule has 0 saturated carbocycles. The predicted octanol–water partition coefficient (Wildman–Crippen LogP) is 17.8. The third-order valence-electron chi connectivity index (χ3n) is 17.5. The van der Waals surface area contributed by atoms with E-state index in [9.17, 15) is 0 Å². The fourth-order valence-electron chi connectivity index (χ4n) is 14.7. The molecule has 336 valence electrons. The Morgan fingerprint density at radius 3 is 1.17 bits per heavy atom. The average Bonchev–Trinajstić information content (AvgIpc) is 4.17. The summed E-state index contributed by atoms with van der Waals surface area (Å²) >= 11 is 0. The van der Waals surface area contributed by atoms with Crippen LogP contribution >= 0.6 is 0 Å². The van der Waals surface area contributed by atoms with Gasteiger partial charge in [-0.1, -0.05) is 226 Å². The first-order valence-electron chi connectivity index (χ1n) is 25.5. The molecule has 0 heterocycles. The number of anilines is 3. The van der Waals surface area contributed by atoms with Crippen molar-refractivity contribution in [2.75, 3.05) is 4.90 Å². The second-order valence-corrected chi connectivity index (χ2v) is 21.0. The largest absolute Gasteiger partial charge is 0.310 e. The molecule has 0 aromatic heterocycles. The van der Waals surface area contributed by atoms with E-state index < -0.39 is 5.41 Å². The van der Waals surface area contributed by atoms with Crippen LogP contribution < -0.4 is 4.90 Å². The molecule has 0 N–H and O–H groups in total. The highest BCUT2D eigenvalue weighted by Crippen LogP contribution is 2.66. The monoisotopic (exact) mass is 913 g/mol.